The Bertz CT molecular complexity index is 782. The number of carbonyl (C=O) groups excluding carboxylic acids is 1. The van der Waals surface area contributed by atoms with Gasteiger partial charge in [0.15, 0.2) is 5.79 Å². The van der Waals surface area contributed by atoms with Gasteiger partial charge in [-0.3, -0.25) is 4.79 Å². The predicted molar refractivity (Wildman–Crippen MR) is 95.7 cm³/mol. The number of aromatic nitrogens is 2. The molecular formula is C19H21FN4O3. The van der Waals surface area contributed by atoms with Crippen LogP contribution in [-0.2, 0) is 16.0 Å². The van der Waals surface area contributed by atoms with Crippen LogP contribution in [0.25, 0.3) is 0 Å². The standard InChI is InChI=1S/C19H21FN4O3/c20-15-3-1-14(2-4-15)11-23-18(25)16-12-22-17(13-21-16)24-7-5-19(6-8-24)26-9-10-27-19/h1-4,12-13H,5-11H2,(H,23,25). The van der Waals surface area contributed by atoms with Gasteiger partial charge in [0.2, 0.25) is 0 Å². The Kier molecular flexibility index (Phi) is 5.00. The molecule has 0 aliphatic carbocycles. The SMILES string of the molecule is O=C(NCc1ccc(F)cc1)c1cnc(N2CCC3(CC2)OCCO3)cn1. The molecule has 8 heteroatoms. The summed E-state index contributed by atoms with van der Waals surface area (Å²) in [5.41, 5.74) is 1.06. The first kappa shape index (κ1) is 17.8. The zero-order valence-corrected chi connectivity index (χ0v) is 14.9. The van der Waals surface area contributed by atoms with Crippen molar-refractivity contribution in [1.82, 2.24) is 15.3 Å². The van der Waals surface area contributed by atoms with Crippen molar-refractivity contribution in [2.45, 2.75) is 25.2 Å². The lowest BCUT2D eigenvalue weighted by Crippen LogP contribution is -2.45. The van der Waals surface area contributed by atoms with Gasteiger partial charge in [0.1, 0.15) is 17.3 Å². The number of nitrogens with zero attached hydrogens (tertiary/aromatic N) is 3. The van der Waals surface area contributed by atoms with E-state index in [4.69, 9.17) is 9.47 Å². The Balaban J connectivity index is 1.32. The number of hydrogen-bond acceptors (Lipinski definition) is 6. The van der Waals surface area contributed by atoms with E-state index in [1.165, 1.54) is 18.3 Å². The highest BCUT2D eigenvalue weighted by Gasteiger charge is 2.40. The first-order valence-corrected chi connectivity index (χ1v) is 9.01. The van der Waals surface area contributed by atoms with Crippen LogP contribution in [0.4, 0.5) is 10.2 Å². The maximum atomic E-state index is 12.9. The summed E-state index contributed by atoms with van der Waals surface area (Å²) in [6.45, 7) is 3.15. The number of piperidine rings is 1. The fourth-order valence-electron chi connectivity index (χ4n) is 3.34. The van der Waals surface area contributed by atoms with Crippen molar-refractivity contribution in [2.75, 3.05) is 31.2 Å². The number of amides is 1. The molecule has 1 aromatic heterocycles. The molecule has 0 bridgehead atoms. The van der Waals surface area contributed by atoms with Gasteiger partial charge < -0.3 is 19.7 Å². The molecule has 0 saturated carbocycles. The molecule has 27 heavy (non-hydrogen) atoms. The second-order valence-electron chi connectivity index (χ2n) is 6.66. The Morgan fingerprint density at radius 1 is 1.11 bits per heavy atom. The molecule has 4 rings (SSSR count). The summed E-state index contributed by atoms with van der Waals surface area (Å²) in [7, 11) is 0. The zero-order valence-electron chi connectivity index (χ0n) is 14.9. The molecule has 0 atom stereocenters. The normalized spacial score (nSPS) is 18.6. The second-order valence-corrected chi connectivity index (χ2v) is 6.66. The lowest BCUT2D eigenvalue weighted by molar-refractivity contribution is -0.169. The van der Waals surface area contributed by atoms with Crippen molar-refractivity contribution in [3.63, 3.8) is 0 Å². The molecule has 2 aromatic rings. The van der Waals surface area contributed by atoms with E-state index in [1.54, 1.807) is 18.3 Å². The number of benzene rings is 1. The maximum Gasteiger partial charge on any atom is 0.271 e. The number of rotatable bonds is 4. The molecule has 2 aliphatic heterocycles. The first-order chi connectivity index (χ1) is 13.1. The van der Waals surface area contributed by atoms with E-state index in [2.05, 4.69) is 20.2 Å². The van der Waals surface area contributed by atoms with E-state index < -0.39 is 5.79 Å². The average Bonchev–Trinajstić information content (AvgIpc) is 3.16. The second kappa shape index (κ2) is 7.58. The minimum absolute atomic E-state index is 0.247. The van der Waals surface area contributed by atoms with Crippen LogP contribution < -0.4 is 10.2 Å². The van der Waals surface area contributed by atoms with Gasteiger partial charge in [-0.05, 0) is 17.7 Å². The van der Waals surface area contributed by atoms with Crippen LogP contribution in [0.1, 0.15) is 28.9 Å². The third-order valence-electron chi connectivity index (χ3n) is 4.90. The van der Waals surface area contributed by atoms with Crippen LogP contribution in [0.5, 0.6) is 0 Å². The minimum atomic E-state index is -0.426. The van der Waals surface area contributed by atoms with E-state index in [0.717, 1.165) is 37.3 Å². The molecule has 3 heterocycles. The van der Waals surface area contributed by atoms with Crippen molar-refractivity contribution >= 4 is 11.7 Å². The van der Waals surface area contributed by atoms with E-state index in [-0.39, 0.29) is 17.4 Å². The maximum absolute atomic E-state index is 12.9. The summed E-state index contributed by atoms with van der Waals surface area (Å²) < 4.78 is 24.4. The third kappa shape index (κ3) is 4.06. The summed E-state index contributed by atoms with van der Waals surface area (Å²) in [4.78, 5) is 22.9. The van der Waals surface area contributed by atoms with Crippen molar-refractivity contribution < 1.29 is 18.7 Å². The zero-order chi connectivity index (χ0) is 18.7. The minimum Gasteiger partial charge on any atom is -0.355 e. The van der Waals surface area contributed by atoms with Crippen LogP contribution in [0.15, 0.2) is 36.7 Å². The Morgan fingerprint density at radius 3 is 2.44 bits per heavy atom. The Hall–Kier alpha value is -2.58. The quantitative estimate of drug-likeness (QED) is 0.883. The smallest absolute Gasteiger partial charge is 0.271 e. The Labute approximate surface area is 156 Å². The molecule has 1 spiro atoms. The van der Waals surface area contributed by atoms with Crippen molar-refractivity contribution in [1.29, 1.82) is 0 Å². The lowest BCUT2D eigenvalue weighted by Gasteiger charge is -2.37. The highest BCUT2D eigenvalue weighted by Crippen LogP contribution is 2.32. The van der Waals surface area contributed by atoms with E-state index in [9.17, 15) is 9.18 Å². The molecule has 2 saturated heterocycles. The van der Waals surface area contributed by atoms with E-state index >= 15 is 0 Å². The Morgan fingerprint density at radius 2 is 1.81 bits per heavy atom. The van der Waals surface area contributed by atoms with E-state index in [1.807, 2.05) is 0 Å². The van der Waals surface area contributed by atoms with Gasteiger partial charge in [0, 0.05) is 32.5 Å². The molecule has 1 N–H and O–H groups in total. The molecule has 0 radical (unpaired) electrons. The van der Waals surface area contributed by atoms with Gasteiger partial charge in [-0.1, -0.05) is 12.1 Å². The number of hydrogen-bond donors (Lipinski definition) is 1. The van der Waals surface area contributed by atoms with Gasteiger partial charge >= 0.3 is 0 Å². The fraction of sp³-hybridized carbons (Fsp3) is 0.421. The van der Waals surface area contributed by atoms with Crippen molar-refractivity contribution in [3.8, 4) is 0 Å². The van der Waals surface area contributed by atoms with Crippen LogP contribution in [0, 0.1) is 5.82 Å². The first-order valence-electron chi connectivity index (χ1n) is 9.01. The molecule has 7 nitrogen and oxygen atoms in total. The van der Waals surface area contributed by atoms with Crippen LogP contribution in [0.3, 0.4) is 0 Å². The largest absolute Gasteiger partial charge is 0.355 e. The van der Waals surface area contributed by atoms with Crippen LogP contribution in [-0.4, -0.2) is 48.0 Å². The molecule has 1 aromatic carbocycles. The van der Waals surface area contributed by atoms with Gasteiger partial charge in [-0.25, -0.2) is 14.4 Å². The predicted octanol–water partition coefficient (Wildman–Crippen LogP) is 1.89. The molecule has 142 valence electrons. The summed E-state index contributed by atoms with van der Waals surface area (Å²) in [5.74, 6) is -0.313. The highest BCUT2D eigenvalue weighted by molar-refractivity contribution is 5.91. The third-order valence-corrected chi connectivity index (χ3v) is 4.90. The van der Waals surface area contributed by atoms with Gasteiger partial charge in [-0.15, -0.1) is 0 Å². The molecule has 0 unspecified atom stereocenters. The lowest BCUT2D eigenvalue weighted by atomic mass is 10.0. The summed E-state index contributed by atoms with van der Waals surface area (Å²) in [6, 6.07) is 5.98. The van der Waals surface area contributed by atoms with Gasteiger partial charge in [0.25, 0.3) is 5.91 Å². The van der Waals surface area contributed by atoms with E-state index in [0.29, 0.717) is 19.8 Å². The molecule has 2 fully saturated rings. The molecule has 1 amide bonds. The monoisotopic (exact) mass is 372 g/mol. The number of halogens is 1. The molecule has 2 aliphatic rings. The number of nitrogens with one attached hydrogen (secondary N) is 1. The van der Waals surface area contributed by atoms with Gasteiger partial charge in [-0.2, -0.15) is 0 Å². The topological polar surface area (TPSA) is 76.6 Å². The summed E-state index contributed by atoms with van der Waals surface area (Å²) >= 11 is 0. The number of ether oxygens (including phenoxy) is 2. The van der Waals surface area contributed by atoms with Crippen molar-refractivity contribution in [3.05, 3.63) is 53.7 Å². The summed E-state index contributed by atoms with van der Waals surface area (Å²) in [5, 5.41) is 2.76. The number of carbonyl (C=O) groups is 1. The average molecular weight is 372 g/mol. The van der Waals surface area contributed by atoms with Crippen LogP contribution in [0.2, 0.25) is 0 Å². The summed E-state index contributed by atoms with van der Waals surface area (Å²) in [6.07, 6.45) is 4.66. The molecular weight excluding hydrogens is 351 g/mol. The number of anilines is 1. The van der Waals surface area contributed by atoms with Gasteiger partial charge in [0.05, 0.1) is 25.6 Å². The van der Waals surface area contributed by atoms with Crippen molar-refractivity contribution in [2.24, 2.45) is 0 Å². The fourth-order valence-corrected chi connectivity index (χ4v) is 3.34. The van der Waals surface area contributed by atoms with Crippen LogP contribution >= 0.6 is 0 Å². The highest BCUT2D eigenvalue weighted by atomic mass is 19.1.